The van der Waals surface area contributed by atoms with Crippen molar-refractivity contribution < 1.29 is 19.0 Å². The van der Waals surface area contributed by atoms with Crippen LogP contribution in [-0.2, 0) is 7.05 Å². The minimum atomic E-state index is -1.00. The number of ether oxygens (including phenoxy) is 1. The summed E-state index contributed by atoms with van der Waals surface area (Å²) < 4.78 is 20.1. The number of hydrogen-bond acceptors (Lipinski definition) is 4. The zero-order valence-corrected chi connectivity index (χ0v) is 14.2. The van der Waals surface area contributed by atoms with Crippen LogP contribution in [0.4, 0.5) is 4.39 Å². The highest BCUT2D eigenvalue weighted by molar-refractivity contribution is 5.92. The molecule has 1 aliphatic rings. The average molecular weight is 347 g/mol. The molecule has 1 amide bonds. The molecule has 1 unspecified atom stereocenters. The highest BCUT2D eigenvalue weighted by atomic mass is 19.1. The Hall–Kier alpha value is -2.41. The van der Waals surface area contributed by atoms with E-state index in [-0.39, 0.29) is 18.3 Å². The first kappa shape index (κ1) is 17.4. The van der Waals surface area contributed by atoms with Gasteiger partial charge in [0.15, 0.2) is 0 Å². The molecular formula is C18H22FN3O3. The molecular weight excluding hydrogens is 325 g/mol. The fraction of sp³-hybridized carbons (Fsp3) is 0.444. The van der Waals surface area contributed by atoms with E-state index in [9.17, 15) is 14.3 Å². The summed E-state index contributed by atoms with van der Waals surface area (Å²) >= 11 is 0. The van der Waals surface area contributed by atoms with E-state index in [4.69, 9.17) is 4.74 Å². The van der Waals surface area contributed by atoms with Crippen molar-refractivity contribution in [2.24, 2.45) is 7.05 Å². The van der Waals surface area contributed by atoms with Gasteiger partial charge in [-0.1, -0.05) is 0 Å². The van der Waals surface area contributed by atoms with Crippen molar-refractivity contribution in [3.8, 4) is 5.75 Å². The Kier molecular flexibility index (Phi) is 5.03. The molecule has 3 rings (SSSR count). The average Bonchev–Trinajstić information content (AvgIpc) is 2.93. The molecule has 0 aliphatic carbocycles. The molecule has 1 aromatic carbocycles. The number of nitrogens with zero attached hydrogens (tertiary/aromatic N) is 3. The number of carbonyl (C=O) groups excluding carboxylic acids is 1. The molecule has 0 radical (unpaired) electrons. The van der Waals surface area contributed by atoms with Crippen LogP contribution in [0.3, 0.4) is 0 Å². The molecule has 0 bridgehead atoms. The van der Waals surface area contributed by atoms with Gasteiger partial charge in [0.2, 0.25) is 0 Å². The quantitative estimate of drug-likeness (QED) is 0.919. The van der Waals surface area contributed by atoms with E-state index in [1.54, 1.807) is 28.9 Å². The van der Waals surface area contributed by atoms with Crippen LogP contribution in [0.5, 0.6) is 5.75 Å². The summed E-state index contributed by atoms with van der Waals surface area (Å²) in [5, 5.41) is 14.8. The van der Waals surface area contributed by atoms with Crippen molar-refractivity contribution >= 4 is 5.91 Å². The SMILES string of the molecule is Cn1nccc1C(=O)N1CCCC(O)(COc2ccc(F)cc2)CC1. The second kappa shape index (κ2) is 7.23. The molecule has 1 atom stereocenters. The van der Waals surface area contributed by atoms with Crippen molar-refractivity contribution in [3.05, 3.63) is 48.0 Å². The summed E-state index contributed by atoms with van der Waals surface area (Å²) in [5.41, 5.74) is -0.469. The zero-order valence-electron chi connectivity index (χ0n) is 14.2. The maximum atomic E-state index is 12.9. The predicted octanol–water partition coefficient (Wildman–Crippen LogP) is 2.00. The highest BCUT2D eigenvalue weighted by Gasteiger charge is 2.33. The number of carbonyl (C=O) groups is 1. The number of aryl methyl sites for hydroxylation is 1. The first-order valence-corrected chi connectivity index (χ1v) is 8.35. The van der Waals surface area contributed by atoms with Crippen molar-refractivity contribution in [2.45, 2.75) is 24.9 Å². The molecule has 0 saturated carbocycles. The van der Waals surface area contributed by atoms with Gasteiger partial charge in [0.25, 0.3) is 5.91 Å². The maximum absolute atomic E-state index is 12.9. The second-order valence-electron chi connectivity index (χ2n) is 6.45. The van der Waals surface area contributed by atoms with Crippen LogP contribution in [0, 0.1) is 5.82 Å². The van der Waals surface area contributed by atoms with E-state index in [1.807, 2.05) is 0 Å². The Balaban J connectivity index is 1.59. The molecule has 7 heteroatoms. The normalized spacial score (nSPS) is 21.0. The van der Waals surface area contributed by atoms with E-state index in [0.29, 0.717) is 43.8 Å². The number of aromatic nitrogens is 2. The third-order valence-electron chi connectivity index (χ3n) is 4.57. The lowest BCUT2D eigenvalue weighted by molar-refractivity contribution is -0.0163. The van der Waals surface area contributed by atoms with Crippen molar-refractivity contribution in [1.29, 1.82) is 0 Å². The molecule has 1 fully saturated rings. The van der Waals surface area contributed by atoms with Gasteiger partial charge < -0.3 is 14.7 Å². The van der Waals surface area contributed by atoms with Gasteiger partial charge in [-0.05, 0) is 49.6 Å². The molecule has 134 valence electrons. The van der Waals surface area contributed by atoms with Gasteiger partial charge >= 0.3 is 0 Å². The smallest absolute Gasteiger partial charge is 0.272 e. The molecule has 1 saturated heterocycles. The molecule has 6 nitrogen and oxygen atoms in total. The molecule has 1 aromatic heterocycles. The van der Waals surface area contributed by atoms with Gasteiger partial charge in [-0.2, -0.15) is 5.10 Å². The Morgan fingerprint density at radius 2 is 2.04 bits per heavy atom. The highest BCUT2D eigenvalue weighted by Crippen LogP contribution is 2.25. The summed E-state index contributed by atoms with van der Waals surface area (Å²) in [4.78, 5) is 14.3. The number of rotatable bonds is 4. The van der Waals surface area contributed by atoms with Crippen LogP contribution in [0.2, 0.25) is 0 Å². The van der Waals surface area contributed by atoms with Crippen LogP contribution in [0.25, 0.3) is 0 Å². The first-order valence-electron chi connectivity index (χ1n) is 8.35. The van der Waals surface area contributed by atoms with Crippen LogP contribution < -0.4 is 4.74 Å². The number of likely N-dealkylation sites (tertiary alicyclic amines) is 1. The van der Waals surface area contributed by atoms with Crippen LogP contribution >= 0.6 is 0 Å². The number of hydrogen-bond donors (Lipinski definition) is 1. The number of aliphatic hydroxyl groups is 1. The molecule has 2 heterocycles. The summed E-state index contributed by atoms with van der Waals surface area (Å²) in [6.07, 6.45) is 3.26. The van der Waals surface area contributed by atoms with Crippen LogP contribution in [0.15, 0.2) is 36.5 Å². The van der Waals surface area contributed by atoms with Crippen molar-refractivity contribution in [2.75, 3.05) is 19.7 Å². The van der Waals surface area contributed by atoms with E-state index in [0.717, 1.165) is 0 Å². The third-order valence-corrected chi connectivity index (χ3v) is 4.57. The van der Waals surface area contributed by atoms with Crippen LogP contribution in [-0.4, -0.2) is 51.0 Å². The molecule has 25 heavy (non-hydrogen) atoms. The van der Waals surface area contributed by atoms with Crippen LogP contribution in [0.1, 0.15) is 29.8 Å². The summed E-state index contributed by atoms with van der Waals surface area (Å²) in [6, 6.07) is 7.40. The Bertz CT molecular complexity index is 731. The lowest BCUT2D eigenvalue weighted by Crippen LogP contribution is -2.38. The van der Waals surface area contributed by atoms with E-state index in [2.05, 4.69) is 5.10 Å². The molecule has 1 aliphatic heterocycles. The molecule has 1 N–H and O–H groups in total. The summed E-state index contributed by atoms with van der Waals surface area (Å²) in [7, 11) is 1.73. The molecule has 2 aromatic rings. The topological polar surface area (TPSA) is 67.6 Å². The number of benzene rings is 1. The zero-order chi connectivity index (χ0) is 17.9. The summed E-state index contributed by atoms with van der Waals surface area (Å²) in [6.45, 7) is 1.16. The Labute approximate surface area is 145 Å². The predicted molar refractivity (Wildman–Crippen MR) is 89.8 cm³/mol. The third kappa shape index (κ3) is 4.17. The minimum absolute atomic E-state index is 0.0799. The minimum Gasteiger partial charge on any atom is -0.491 e. The van der Waals surface area contributed by atoms with E-state index < -0.39 is 5.60 Å². The van der Waals surface area contributed by atoms with Gasteiger partial charge in [-0.25, -0.2) is 4.39 Å². The van der Waals surface area contributed by atoms with Crippen molar-refractivity contribution in [3.63, 3.8) is 0 Å². The lowest BCUT2D eigenvalue weighted by Gasteiger charge is -2.27. The number of halogens is 1. The van der Waals surface area contributed by atoms with Gasteiger partial charge in [-0.15, -0.1) is 0 Å². The van der Waals surface area contributed by atoms with E-state index >= 15 is 0 Å². The van der Waals surface area contributed by atoms with Gasteiger partial charge in [0.05, 0.1) is 0 Å². The number of amides is 1. The fourth-order valence-corrected chi connectivity index (χ4v) is 3.02. The Morgan fingerprint density at radius 1 is 1.28 bits per heavy atom. The monoisotopic (exact) mass is 347 g/mol. The van der Waals surface area contributed by atoms with E-state index in [1.165, 1.54) is 24.3 Å². The first-order chi connectivity index (χ1) is 12.0. The second-order valence-corrected chi connectivity index (χ2v) is 6.45. The fourth-order valence-electron chi connectivity index (χ4n) is 3.02. The van der Waals surface area contributed by atoms with Gasteiger partial charge in [-0.3, -0.25) is 9.48 Å². The summed E-state index contributed by atoms with van der Waals surface area (Å²) in [5.74, 6) is 0.107. The standard InChI is InChI=1S/C18H22FN3O3/c1-21-16(7-10-20-21)17(23)22-11-2-8-18(24,9-12-22)13-25-15-5-3-14(19)4-6-15/h3-7,10,24H,2,8-9,11-13H2,1H3. The largest absolute Gasteiger partial charge is 0.491 e. The maximum Gasteiger partial charge on any atom is 0.272 e. The Morgan fingerprint density at radius 3 is 2.72 bits per heavy atom. The molecule has 0 spiro atoms. The lowest BCUT2D eigenvalue weighted by atomic mass is 9.96. The van der Waals surface area contributed by atoms with Crippen molar-refractivity contribution in [1.82, 2.24) is 14.7 Å². The van der Waals surface area contributed by atoms with Gasteiger partial charge in [0.1, 0.15) is 29.5 Å². The van der Waals surface area contributed by atoms with Gasteiger partial charge in [0, 0.05) is 26.3 Å².